The second kappa shape index (κ2) is 15.1. The van der Waals surface area contributed by atoms with Crippen LogP contribution in [0.5, 0.6) is 5.75 Å². The second-order valence-electron chi connectivity index (χ2n) is 11.2. The molecule has 2 amide bonds. The molecule has 0 fully saturated rings. The number of carbonyl (C=O) groups is 2. The van der Waals surface area contributed by atoms with Gasteiger partial charge in [-0.05, 0) is 61.9 Å². The highest BCUT2D eigenvalue weighted by Crippen LogP contribution is 2.16. The molecule has 3 aromatic carbocycles. The van der Waals surface area contributed by atoms with Gasteiger partial charge in [-0.3, -0.25) is 4.79 Å². The van der Waals surface area contributed by atoms with Gasteiger partial charge in [-0.15, -0.1) is 0 Å². The standard InChI is InChI=1S/C33H42N2O5/c1-24(2)30(35-32(37)40-33(3,4)5)31(36)34-28(23-38-21-26-12-8-6-9-13-26)20-25-16-18-29(19-17-25)39-22-27-14-10-7-11-15-27/h6-19,24,28,30H,20-23H2,1-5H3,(H,34,36)(H,35,37)/t28-,30+/m1/s1. The van der Waals surface area contributed by atoms with E-state index < -0.39 is 17.7 Å². The summed E-state index contributed by atoms with van der Waals surface area (Å²) in [5.74, 6) is 0.353. The van der Waals surface area contributed by atoms with Gasteiger partial charge in [-0.2, -0.15) is 0 Å². The molecule has 0 unspecified atom stereocenters. The lowest BCUT2D eigenvalue weighted by Crippen LogP contribution is -2.54. The molecular weight excluding hydrogens is 504 g/mol. The van der Waals surface area contributed by atoms with E-state index in [1.807, 2.05) is 98.8 Å². The summed E-state index contributed by atoms with van der Waals surface area (Å²) < 4.78 is 17.3. The second-order valence-corrected chi connectivity index (χ2v) is 11.2. The Kier molecular flexibility index (Phi) is 11.6. The van der Waals surface area contributed by atoms with E-state index in [-0.39, 0.29) is 17.9 Å². The van der Waals surface area contributed by atoms with Crippen molar-refractivity contribution in [1.82, 2.24) is 10.6 Å². The Balaban J connectivity index is 1.65. The quantitative estimate of drug-likeness (QED) is 0.272. The minimum atomic E-state index is -0.750. The van der Waals surface area contributed by atoms with Crippen molar-refractivity contribution in [3.05, 3.63) is 102 Å². The Morgan fingerprint density at radius 3 is 1.88 bits per heavy atom. The molecule has 0 spiro atoms. The molecule has 3 aromatic rings. The molecule has 0 aromatic heterocycles. The van der Waals surface area contributed by atoms with Gasteiger partial charge in [0.2, 0.25) is 5.91 Å². The van der Waals surface area contributed by atoms with Crippen molar-refractivity contribution in [3.8, 4) is 5.75 Å². The molecule has 0 aliphatic carbocycles. The maximum atomic E-state index is 13.3. The molecular formula is C33H42N2O5. The Labute approximate surface area is 238 Å². The van der Waals surface area contributed by atoms with Crippen molar-refractivity contribution in [2.24, 2.45) is 5.92 Å². The lowest BCUT2D eigenvalue weighted by Gasteiger charge is -2.27. The Morgan fingerprint density at radius 1 is 0.750 bits per heavy atom. The van der Waals surface area contributed by atoms with Gasteiger partial charge in [0.15, 0.2) is 0 Å². The molecule has 214 valence electrons. The number of ether oxygens (including phenoxy) is 3. The average Bonchev–Trinajstić information content (AvgIpc) is 2.91. The topological polar surface area (TPSA) is 85.9 Å². The fraction of sp³-hybridized carbons (Fsp3) is 0.394. The number of rotatable bonds is 13. The van der Waals surface area contributed by atoms with E-state index in [1.165, 1.54) is 0 Å². The van der Waals surface area contributed by atoms with Gasteiger partial charge in [-0.25, -0.2) is 4.79 Å². The minimum absolute atomic E-state index is 0.139. The summed E-state index contributed by atoms with van der Waals surface area (Å²) in [5.41, 5.74) is 2.53. The molecule has 0 aliphatic heterocycles. The monoisotopic (exact) mass is 546 g/mol. The van der Waals surface area contributed by atoms with Gasteiger partial charge < -0.3 is 24.8 Å². The smallest absolute Gasteiger partial charge is 0.408 e. The third-order valence-corrected chi connectivity index (χ3v) is 6.05. The number of amides is 2. The van der Waals surface area contributed by atoms with Crippen molar-refractivity contribution >= 4 is 12.0 Å². The third-order valence-electron chi connectivity index (χ3n) is 6.05. The average molecular weight is 547 g/mol. The van der Waals surface area contributed by atoms with E-state index in [0.717, 1.165) is 22.4 Å². The Morgan fingerprint density at radius 2 is 1.32 bits per heavy atom. The van der Waals surface area contributed by atoms with E-state index in [9.17, 15) is 9.59 Å². The predicted octanol–water partition coefficient (Wildman–Crippen LogP) is 6.06. The number of benzene rings is 3. The summed E-state index contributed by atoms with van der Waals surface area (Å²) in [6, 6.07) is 26.7. The SMILES string of the molecule is CC(C)[C@H](NC(=O)OC(C)(C)C)C(=O)N[C@@H](COCc1ccccc1)Cc1ccc(OCc2ccccc2)cc1. The van der Waals surface area contributed by atoms with Crippen LogP contribution in [-0.4, -0.2) is 36.3 Å². The van der Waals surface area contributed by atoms with Gasteiger partial charge in [0, 0.05) is 0 Å². The summed E-state index contributed by atoms with van der Waals surface area (Å²) in [6.07, 6.45) is -0.0687. The van der Waals surface area contributed by atoms with Crippen LogP contribution in [0.2, 0.25) is 0 Å². The molecule has 0 radical (unpaired) electrons. The zero-order valence-electron chi connectivity index (χ0n) is 24.2. The minimum Gasteiger partial charge on any atom is -0.489 e. The van der Waals surface area contributed by atoms with Crippen LogP contribution < -0.4 is 15.4 Å². The first kappa shape index (κ1) is 30.7. The van der Waals surface area contributed by atoms with Crippen LogP contribution >= 0.6 is 0 Å². The van der Waals surface area contributed by atoms with Crippen molar-refractivity contribution in [3.63, 3.8) is 0 Å². The number of carbonyl (C=O) groups excluding carboxylic acids is 2. The largest absolute Gasteiger partial charge is 0.489 e. The first-order chi connectivity index (χ1) is 19.1. The third kappa shape index (κ3) is 11.1. The molecule has 0 saturated carbocycles. The number of nitrogens with one attached hydrogen (secondary N) is 2. The first-order valence-corrected chi connectivity index (χ1v) is 13.8. The zero-order chi connectivity index (χ0) is 29.0. The van der Waals surface area contributed by atoms with Gasteiger partial charge in [0.25, 0.3) is 0 Å². The van der Waals surface area contributed by atoms with Crippen LogP contribution in [0, 0.1) is 5.92 Å². The first-order valence-electron chi connectivity index (χ1n) is 13.8. The Bertz CT molecular complexity index is 1170. The lowest BCUT2D eigenvalue weighted by molar-refractivity contribution is -0.125. The fourth-order valence-corrected chi connectivity index (χ4v) is 4.05. The van der Waals surface area contributed by atoms with Gasteiger partial charge >= 0.3 is 6.09 Å². The number of hydrogen-bond acceptors (Lipinski definition) is 5. The van der Waals surface area contributed by atoms with Gasteiger partial charge in [0.05, 0.1) is 19.3 Å². The van der Waals surface area contributed by atoms with E-state index >= 15 is 0 Å². The maximum absolute atomic E-state index is 13.3. The normalized spacial score (nSPS) is 12.8. The van der Waals surface area contributed by atoms with Gasteiger partial charge in [-0.1, -0.05) is 86.6 Å². The number of hydrogen-bond donors (Lipinski definition) is 2. The molecule has 2 atom stereocenters. The summed E-state index contributed by atoms with van der Waals surface area (Å²) in [6.45, 7) is 10.4. The van der Waals surface area contributed by atoms with Gasteiger partial charge in [0.1, 0.15) is 24.0 Å². The summed E-state index contributed by atoms with van der Waals surface area (Å²) in [5, 5.41) is 5.83. The van der Waals surface area contributed by atoms with Crippen molar-refractivity contribution in [1.29, 1.82) is 0 Å². The predicted molar refractivity (Wildman–Crippen MR) is 157 cm³/mol. The van der Waals surface area contributed by atoms with E-state index in [2.05, 4.69) is 10.6 Å². The summed E-state index contributed by atoms with van der Waals surface area (Å²) >= 11 is 0. The van der Waals surface area contributed by atoms with Crippen LogP contribution in [0.15, 0.2) is 84.9 Å². The van der Waals surface area contributed by atoms with Crippen LogP contribution in [-0.2, 0) is 33.9 Å². The van der Waals surface area contributed by atoms with Crippen LogP contribution in [0.3, 0.4) is 0 Å². The molecule has 0 aliphatic rings. The molecule has 0 bridgehead atoms. The summed E-state index contributed by atoms with van der Waals surface area (Å²) in [4.78, 5) is 25.7. The van der Waals surface area contributed by atoms with Crippen molar-refractivity contribution in [2.75, 3.05) is 6.61 Å². The van der Waals surface area contributed by atoms with Crippen molar-refractivity contribution in [2.45, 2.75) is 71.9 Å². The zero-order valence-corrected chi connectivity index (χ0v) is 24.2. The van der Waals surface area contributed by atoms with Crippen LogP contribution in [0.1, 0.15) is 51.3 Å². The summed E-state index contributed by atoms with van der Waals surface area (Å²) in [7, 11) is 0. The fourth-order valence-electron chi connectivity index (χ4n) is 4.05. The van der Waals surface area contributed by atoms with Crippen LogP contribution in [0.25, 0.3) is 0 Å². The number of alkyl carbamates (subject to hydrolysis) is 1. The lowest BCUT2D eigenvalue weighted by atomic mass is 10.0. The highest BCUT2D eigenvalue weighted by atomic mass is 16.6. The van der Waals surface area contributed by atoms with E-state index in [4.69, 9.17) is 14.2 Å². The van der Waals surface area contributed by atoms with E-state index in [0.29, 0.717) is 26.2 Å². The molecule has 0 saturated heterocycles. The molecule has 7 nitrogen and oxygen atoms in total. The molecule has 7 heteroatoms. The highest BCUT2D eigenvalue weighted by Gasteiger charge is 2.28. The Hall–Kier alpha value is -3.84. The molecule has 3 rings (SSSR count). The molecule has 40 heavy (non-hydrogen) atoms. The van der Waals surface area contributed by atoms with Crippen molar-refractivity contribution < 1.29 is 23.8 Å². The molecule has 0 heterocycles. The van der Waals surface area contributed by atoms with Crippen LogP contribution in [0.4, 0.5) is 4.79 Å². The maximum Gasteiger partial charge on any atom is 0.408 e. The molecule has 2 N–H and O–H groups in total. The highest BCUT2D eigenvalue weighted by molar-refractivity contribution is 5.86. The van der Waals surface area contributed by atoms with E-state index in [1.54, 1.807) is 20.8 Å².